The minimum atomic E-state index is -0.381. The van der Waals surface area contributed by atoms with Crippen LogP contribution < -0.4 is 10.6 Å². The van der Waals surface area contributed by atoms with Crippen molar-refractivity contribution in [2.75, 3.05) is 23.8 Å². The number of halogens is 2. The highest BCUT2D eigenvalue weighted by atomic mass is 35.5. The molecule has 1 heterocycles. The number of aliphatic hydroxyl groups excluding tert-OH is 1. The Balaban J connectivity index is 1.82. The lowest BCUT2D eigenvalue weighted by Gasteiger charge is -2.12. The number of aliphatic hydroxyl groups is 1. The molecular weight excluding hydrogens is 319 g/mol. The second-order valence-electron chi connectivity index (χ2n) is 5.53. The third-order valence-electron chi connectivity index (χ3n) is 3.55. The van der Waals surface area contributed by atoms with Crippen molar-refractivity contribution < 1.29 is 9.50 Å². The molecule has 2 aromatic rings. The van der Waals surface area contributed by atoms with E-state index in [0.29, 0.717) is 41.4 Å². The van der Waals surface area contributed by atoms with Gasteiger partial charge in [-0.25, -0.2) is 9.37 Å². The molecule has 5 nitrogen and oxygen atoms in total. The molecule has 0 aliphatic heterocycles. The fourth-order valence-electron chi connectivity index (χ4n) is 2.21. The van der Waals surface area contributed by atoms with Crippen molar-refractivity contribution in [1.82, 2.24) is 9.97 Å². The lowest BCUT2D eigenvalue weighted by Crippen LogP contribution is -2.09. The van der Waals surface area contributed by atoms with Gasteiger partial charge in [-0.05, 0) is 37.5 Å². The lowest BCUT2D eigenvalue weighted by molar-refractivity contribution is 0.292. The molecular formula is C16H18ClFN4O. The normalized spacial score (nSPS) is 13.9. The minimum absolute atomic E-state index is 0.117. The molecule has 0 radical (unpaired) electrons. The highest BCUT2D eigenvalue weighted by Crippen LogP contribution is 2.40. The predicted octanol–water partition coefficient (Wildman–Crippen LogP) is 3.68. The van der Waals surface area contributed by atoms with Crippen molar-refractivity contribution >= 4 is 29.1 Å². The molecule has 1 aliphatic carbocycles. The quantitative estimate of drug-likeness (QED) is 0.673. The zero-order valence-corrected chi connectivity index (χ0v) is 13.3. The van der Waals surface area contributed by atoms with Gasteiger partial charge in [-0.3, -0.25) is 0 Å². The van der Waals surface area contributed by atoms with Gasteiger partial charge in [-0.2, -0.15) is 4.98 Å². The summed E-state index contributed by atoms with van der Waals surface area (Å²) in [5.74, 6) is 1.22. The van der Waals surface area contributed by atoms with Crippen LogP contribution in [0.25, 0.3) is 0 Å². The molecule has 1 fully saturated rings. The average Bonchev–Trinajstić information content (AvgIpc) is 3.35. The van der Waals surface area contributed by atoms with Crippen LogP contribution in [0.1, 0.15) is 30.9 Å². The van der Waals surface area contributed by atoms with Gasteiger partial charge in [0, 0.05) is 25.1 Å². The number of hydrogen-bond donors (Lipinski definition) is 3. The summed E-state index contributed by atoms with van der Waals surface area (Å²) in [5, 5.41) is 15.4. The van der Waals surface area contributed by atoms with Crippen LogP contribution in [0.4, 0.5) is 21.8 Å². The van der Waals surface area contributed by atoms with Gasteiger partial charge in [0.1, 0.15) is 11.6 Å². The van der Waals surface area contributed by atoms with Crippen LogP contribution in [-0.4, -0.2) is 28.2 Å². The third kappa shape index (κ3) is 4.30. The van der Waals surface area contributed by atoms with Crippen molar-refractivity contribution in [1.29, 1.82) is 0 Å². The maximum atomic E-state index is 13.1. The van der Waals surface area contributed by atoms with Crippen LogP contribution in [0.15, 0.2) is 24.3 Å². The molecule has 23 heavy (non-hydrogen) atoms. The van der Waals surface area contributed by atoms with E-state index >= 15 is 0 Å². The zero-order valence-electron chi connectivity index (χ0n) is 12.5. The minimum Gasteiger partial charge on any atom is -0.396 e. The van der Waals surface area contributed by atoms with Crippen molar-refractivity contribution in [2.24, 2.45) is 0 Å². The van der Waals surface area contributed by atoms with Crippen LogP contribution in [0.3, 0.4) is 0 Å². The Morgan fingerprint density at radius 3 is 2.78 bits per heavy atom. The first-order valence-corrected chi connectivity index (χ1v) is 7.99. The smallest absolute Gasteiger partial charge is 0.224 e. The Morgan fingerprint density at radius 2 is 2.09 bits per heavy atom. The molecule has 0 saturated heterocycles. The van der Waals surface area contributed by atoms with Gasteiger partial charge in [0.25, 0.3) is 0 Å². The Hall–Kier alpha value is -1.92. The SMILES string of the molecule is OCCCNc1nc(Nc2ccc(F)cc2Cl)cc(C2CC2)n1. The first-order chi connectivity index (χ1) is 11.2. The lowest BCUT2D eigenvalue weighted by atomic mass is 10.2. The summed E-state index contributed by atoms with van der Waals surface area (Å²) < 4.78 is 13.1. The van der Waals surface area contributed by atoms with E-state index in [-0.39, 0.29) is 12.4 Å². The van der Waals surface area contributed by atoms with E-state index in [9.17, 15) is 4.39 Å². The molecule has 1 aromatic heterocycles. The predicted molar refractivity (Wildman–Crippen MR) is 88.9 cm³/mol. The van der Waals surface area contributed by atoms with E-state index in [2.05, 4.69) is 20.6 Å². The van der Waals surface area contributed by atoms with Crippen LogP contribution in [-0.2, 0) is 0 Å². The third-order valence-corrected chi connectivity index (χ3v) is 3.87. The van der Waals surface area contributed by atoms with Gasteiger partial charge in [-0.15, -0.1) is 0 Å². The topological polar surface area (TPSA) is 70.1 Å². The first-order valence-electron chi connectivity index (χ1n) is 7.61. The maximum absolute atomic E-state index is 13.1. The van der Waals surface area contributed by atoms with Gasteiger partial charge in [0.15, 0.2) is 0 Å². The molecule has 7 heteroatoms. The van der Waals surface area contributed by atoms with E-state index in [1.54, 1.807) is 6.07 Å². The second-order valence-corrected chi connectivity index (χ2v) is 5.94. The van der Waals surface area contributed by atoms with Gasteiger partial charge < -0.3 is 15.7 Å². The molecule has 1 saturated carbocycles. The number of nitrogens with one attached hydrogen (secondary N) is 2. The fraction of sp³-hybridized carbons (Fsp3) is 0.375. The number of rotatable bonds is 7. The van der Waals surface area contributed by atoms with E-state index < -0.39 is 0 Å². The van der Waals surface area contributed by atoms with E-state index in [1.165, 1.54) is 12.1 Å². The molecule has 1 aromatic carbocycles. The first kappa shape index (κ1) is 16.0. The molecule has 0 amide bonds. The standard InChI is InChI=1S/C16H18ClFN4O/c17-12-8-11(18)4-5-13(12)20-15-9-14(10-2-3-10)21-16(22-15)19-6-1-7-23/h4-5,8-10,23H,1-3,6-7H2,(H2,19,20,21,22). The largest absolute Gasteiger partial charge is 0.396 e. The molecule has 3 N–H and O–H groups in total. The highest BCUT2D eigenvalue weighted by molar-refractivity contribution is 6.33. The summed E-state index contributed by atoms with van der Waals surface area (Å²) in [6, 6.07) is 6.08. The van der Waals surface area contributed by atoms with Crippen molar-refractivity contribution in [3.8, 4) is 0 Å². The molecule has 0 bridgehead atoms. The summed E-state index contributed by atoms with van der Waals surface area (Å²) >= 11 is 6.05. The van der Waals surface area contributed by atoms with Crippen LogP contribution in [0, 0.1) is 5.82 Å². The van der Waals surface area contributed by atoms with Crippen molar-refractivity contribution in [2.45, 2.75) is 25.2 Å². The molecule has 0 unspecified atom stereocenters. The molecule has 0 atom stereocenters. The summed E-state index contributed by atoms with van der Waals surface area (Å²) in [7, 11) is 0. The molecule has 122 valence electrons. The van der Waals surface area contributed by atoms with Gasteiger partial charge >= 0.3 is 0 Å². The summed E-state index contributed by atoms with van der Waals surface area (Å²) in [6.45, 7) is 0.715. The number of anilines is 3. The highest BCUT2D eigenvalue weighted by Gasteiger charge is 2.26. The average molecular weight is 337 g/mol. The second kappa shape index (κ2) is 7.10. The van der Waals surface area contributed by atoms with Gasteiger partial charge in [-0.1, -0.05) is 11.6 Å². The summed E-state index contributed by atoms with van der Waals surface area (Å²) in [6.07, 6.45) is 2.89. The summed E-state index contributed by atoms with van der Waals surface area (Å²) in [4.78, 5) is 8.92. The van der Waals surface area contributed by atoms with Crippen molar-refractivity contribution in [3.05, 3.63) is 40.8 Å². The number of hydrogen-bond acceptors (Lipinski definition) is 5. The van der Waals surface area contributed by atoms with Gasteiger partial charge in [0.05, 0.1) is 16.4 Å². The summed E-state index contributed by atoms with van der Waals surface area (Å²) in [5.41, 5.74) is 1.57. The molecule has 1 aliphatic rings. The van der Waals surface area contributed by atoms with E-state index in [0.717, 1.165) is 18.5 Å². The van der Waals surface area contributed by atoms with Crippen molar-refractivity contribution in [3.63, 3.8) is 0 Å². The number of nitrogens with zero attached hydrogens (tertiary/aromatic N) is 2. The van der Waals surface area contributed by atoms with E-state index in [4.69, 9.17) is 16.7 Å². The Kier molecular flexibility index (Phi) is 4.93. The Labute approximate surface area is 138 Å². The Bertz CT molecular complexity index is 694. The van der Waals surface area contributed by atoms with Gasteiger partial charge in [0.2, 0.25) is 5.95 Å². The van der Waals surface area contributed by atoms with Crippen LogP contribution >= 0.6 is 11.6 Å². The Morgan fingerprint density at radius 1 is 1.26 bits per heavy atom. The van der Waals surface area contributed by atoms with E-state index in [1.807, 2.05) is 6.07 Å². The van der Waals surface area contributed by atoms with Crippen LogP contribution in [0.5, 0.6) is 0 Å². The molecule has 3 rings (SSSR count). The van der Waals surface area contributed by atoms with Crippen LogP contribution in [0.2, 0.25) is 5.02 Å². The zero-order chi connectivity index (χ0) is 16.2. The monoisotopic (exact) mass is 336 g/mol. The number of aromatic nitrogens is 2. The fourth-order valence-corrected chi connectivity index (χ4v) is 2.42. The molecule has 0 spiro atoms. The maximum Gasteiger partial charge on any atom is 0.224 e. The number of benzene rings is 1.